The zero-order chi connectivity index (χ0) is 15.1. The van der Waals surface area contributed by atoms with Crippen molar-refractivity contribution in [1.29, 1.82) is 0 Å². The Balaban J connectivity index is 2.64. The molecule has 0 aliphatic heterocycles. The van der Waals surface area contributed by atoms with Crippen LogP contribution in [0.5, 0.6) is 0 Å². The third kappa shape index (κ3) is 4.35. The normalized spacial score (nSPS) is 11.8. The summed E-state index contributed by atoms with van der Waals surface area (Å²) in [5, 5.41) is 2.71. The van der Waals surface area contributed by atoms with Gasteiger partial charge in [-0.2, -0.15) is 0 Å². The number of nitrogens with two attached hydrogens (primary N) is 1. The van der Waals surface area contributed by atoms with E-state index in [4.69, 9.17) is 5.73 Å². The van der Waals surface area contributed by atoms with E-state index in [0.29, 0.717) is 18.7 Å². The Kier molecular flexibility index (Phi) is 6.18. The highest BCUT2D eigenvalue weighted by atomic mass is 16.2. The van der Waals surface area contributed by atoms with Gasteiger partial charge in [-0.3, -0.25) is 9.59 Å². The summed E-state index contributed by atoms with van der Waals surface area (Å²) in [7, 11) is 1.71. The van der Waals surface area contributed by atoms with Crippen molar-refractivity contribution in [1.82, 2.24) is 10.2 Å². The van der Waals surface area contributed by atoms with E-state index in [0.717, 1.165) is 12.0 Å². The van der Waals surface area contributed by atoms with E-state index in [9.17, 15) is 9.59 Å². The average Bonchev–Trinajstić information content (AvgIpc) is 2.46. The molecule has 1 unspecified atom stereocenters. The summed E-state index contributed by atoms with van der Waals surface area (Å²) < 4.78 is 0. The van der Waals surface area contributed by atoms with Crippen molar-refractivity contribution in [2.45, 2.75) is 26.3 Å². The Morgan fingerprint density at radius 1 is 1.30 bits per heavy atom. The van der Waals surface area contributed by atoms with Gasteiger partial charge in [-0.25, -0.2) is 0 Å². The first kappa shape index (κ1) is 16.2. The molecule has 0 saturated heterocycles. The van der Waals surface area contributed by atoms with Crippen molar-refractivity contribution in [2.75, 3.05) is 20.1 Å². The Morgan fingerprint density at radius 2 is 1.90 bits per heavy atom. The van der Waals surface area contributed by atoms with Crippen LogP contribution in [0.4, 0.5) is 0 Å². The second-order valence-corrected chi connectivity index (χ2v) is 4.78. The Morgan fingerprint density at radius 3 is 2.40 bits per heavy atom. The smallest absolute Gasteiger partial charge is 0.251 e. The molecule has 0 spiro atoms. The average molecular weight is 277 g/mol. The van der Waals surface area contributed by atoms with Gasteiger partial charge in [-0.15, -0.1) is 0 Å². The van der Waals surface area contributed by atoms with Crippen molar-refractivity contribution in [3.8, 4) is 0 Å². The SMILES string of the molecule is CCN(C)C(=O)C(C)NC(=O)c1ccc(CCN)cc1. The summed E-state index contributed by atoms with van der Waals surface area (Å²) in [4.78, 5) is 25.5. The number of likely N-dealkylation sites (N-methyl/N-ethyl adjacent to an activating group) is 1. The van der Waals surface area contributed by atoms with E-state index < -0.39 is 6.04 Å². The third-order valence-corrected chi connectivity index (χ3v) is 3.22. The lowest BCUT2D eigenvalue weighted by atomic mass is 10.1. The number of amides is 2. The van der Waals surface area contributed by atoms with Crippen molar-refractivity contribution >= 4 is 11.8 Å². The van der Waals surface area contributed by atoms with E-state index in [-0.39, 0.29) is 11.8 Å². The molecular formula is C15H23N3O2. The van der Waals surface area contributed by atoms with Crippen LogP contribution in [0.3, 0.4) is 0 Å². The number of carbonyl (C=O) groups excluding carboxylic acids is 2. The number of hydrogen-bond acceptors (Lipinski definition) is 3. The number of carbonyl (C=O) groups is 2. The molecule has 1 atom stereocenters. The monoisotopic (exact) mass is 277 g/mol. The topological polar surface area (TPSA) is 75.4 Å². The number of nitrogens with zero attached hydrogens (tertiary/aromatic N) is 1. The van der Waals surface area contributed by atoms with Gasteiger partial charge in [0.25, 0.3) is 5.91 Å². The minimum absolute atomic E-state index is 0.0967. The molecule has 5 heteroatoms. The molecule has 0 heterocycles. The van der Waals surface area contributed by atoms with Crippen LogP contribution in [0.1, 0.15) is 29.8 Å². The Hall–Kier alpha value is -1.88. The maximum atomic E-state index is 12.0. The maximum absolute atomic E-state index is 12.0. The number of rotatable bonds is 6. The van der Waals surface area contributed by atoms with E-state index in [1.165, 1.54) is 0 Å². The molecule has 3 N–H and O–H groups in total. The predicted molar refractivity (Wildman–Crippen MR) is 79.4 cm³/mol. The van der Waals surface area contributed by atoms with Crippen molar-refractivity contribution in [3.05, 3.63) is 35.4 Å². The summed E-state index contributed by atoms with van der Waals surface area (Å²) in [5.41, 5.74) is 7.12. The van der Waals surface area contributed by atoms with Crippen LogP contribution < -0.4 is 11.1 Å². The van der Waals surface area contributed by atoms with Crippen molar-refractivity contribution < 1.29 is 9.59 Å². The summed E-state index contributed by atoms with van der Waals surface area (Å²) in [6.45, 7) is 4.78. The fraction of sp³-hybridized carbons (Fsp3) is 0.467. The van der Waals surface area contributed by atoms with E-state index in [1.54, 1.807) is 31.0 Å². The predicted octanol–water partition coefficient (Wildman–Crippen LogP) is 0.784. The van der Waals surface area contributed by atoms with Gasteiger partial charge in [0.2, 0.25) is 5.91 Å². The number of nitrogens with one attached hydrogen (secondary N) is 1. The molecule has 20 heavy (non-hydrogen) atoms. The molecule has 1 aromatic carbocycles. The van der Waals surface area contributed by atoms with Gasteiger partial charge >= 0.3 is 0 Å². The summed E-state index contributed by atoms with van der Waals surface area (Å²) in [6.07, 6.45) is 0.790. The second-order valence-electron chi connectivity index (χ2n) is 4.78. The summed E-state index contributed by atoms with van der Waals surface area (Å²) in [5.74, 6) is -0.338. The third-order valence-electron chi connectivity index (χ3n) is 3.22. The summed E-state index contributed by atoms with van der Waals surface area (Å²) >= 11 is 0. The van der Waals surface area contributed by atoms with Crippen molar-refractivity contribution in [3.63, 3.8) is 0 Å². The minimum atomic E-state index is -0.531. The molecule has 0 aromatic heterocycles. The van der Waals surface area contributed by atoms with Crippen LogP contribution in [-0.4, -0.2) is 42.9 Å². The molecule has 5 nitrogen and oxygen atoms in total. The molecule has 1 rings (SSSR count). The zero-order valence-electron chi connectivity index (χ0n) is 12.3. The van der Waals surface area contributed by atoms with E-state index >= 15 is 0 Å². The van der Waals surface area contributed by atoms with Gasteiger partial charge in [0, 0.05) is 19.2 Å². The molecule has 110 valence electrons. The largest absolute Gasteiger partial charge is 0.344 e. The summed E-state index contributed by atoms with van der Waals surface area (Å²) in [6, 6.07) is 6.73. The van der Waals surface area contributed by atoms with Gasteiger partial charge < -0.3 is 16.0 Å². The first-order chi connectivity index (χ1) is 9.49. The highest BCUT2D eigenvalue weighted by Crippen LogP contribution is 2.05. The highest BCUT2D eigenvalue weighted by Gasteiger charge is 2.18. The fourth-order valence-electron chi connectivity index (χ4n) is 1.82. The molecule has 0 fully saturated rings. The molecule has 2 amide bonds. The molecule has 0 radical (unpaired) electrons. The Bertz CT molecular complexity index is 457. The number of benzene rings is 1. The second kappa shape index (κ2) is 7.65. The molecule has 0 aliphatic rings. The van der Waals surface area contributed by atoms with Crippen LogP contribution in [0.25, 0.3) is 0 Å². The van der Waals surface area contributed by atoms with Crippen LogP contribution in [0.2, 0.25) is 0 Å². The van der Waals surface area contributed by atoms with Crippen LogP contribution in [0.15, 0.2) is 24.3 Å². The fourth-order valence-corrected chi connectivity index (χ4v) is 1.82. The standard InChI is InChI=1S/C15H23N3O2/c1-4-18(3)15(20)11(2)17-14(19)13-7-5-12(6-8-13)9-10-16/h5-8,11H,4,9-10,16H2,1-3H3,(H,17,19). The van der Waals surface area contributed by atoms with Crippen LogP contribution in [-0.2, 0) is 11.2 Å². The molecule has 0 saturated carbocycles. The lowest BCUT2D eigenvalue weighted by Crippen LogP contribution is -2.45. The van der Waals surface area contributed by atoms with Crippen molar-refractivity contribution in [2.24, 2.45) is 5.73 Å². The first-order valence-corrected chi connectivity index (χ1v) is 6.84. The minimum Gasteiger partial charge on any atom is -0.344 e. The van der Waals surface area contributed by atoms with Gasteiger partial charge in [0.05, 0.1) is 0 Å². The molecule has 0 bridgehead atoms. The van der Waals surface area contributed by atoms with Gasteiger partial charge in [0.1, 0.15) is 6.04 Å². The van der Waals surface area contributed by atoms with Crippen LogP contribution >= 0.6 is 0 Å². The van der Waals surface area contributed by atoms with Crippen LogP contribution in [0, 0.1) is 0 Å². The van der Waals surface area contributed by atoms with Gasteiger partial charge in [0.15, 0.2) is 0 Å². The highest BCUT2D eigenvalue weighted by molar-refractivity contribution is 5.97. The maximum Gasteiger partial charge on any atom is 0.251 e. The first-order valence-electron chi connectivity index (χ1n) is 6.84. The lowest BCUT2D eigenvalue weighted by Gasteiger charge is -2.20. The van der Waals surface area contributed by atoms with Gasteiger partial charge in [-0.05, 0) is 44.5 Å². The van der Waals surface area contributed by atoms with E-state index in [2.05, 4.69) is 5.32 Å². The zero-order valence-corrected chi connectivity index (χ0v) is 12.3. The van der Waals surface area contributed by atoms with Gasteiger partial charge in [-0.1, -0.05) is 12.1 Å². The molecular weight excluding hydrogens is 254 g/mol. The van der Waals surface area contributed by atoms with E-state index in [1.807, 2.05) is 19.1 Å². The quantitative estimate of drug-likeness (QED) is 0.807. The number of hydrogen-bond donors (Lipinski definition) is 2. The lowest BCUT2D eigenvalue weighted by molar-refractivity contribution is -0.131. The molecule has 0 aliphatic carbocycles. The Labute approximate surface area is 120 Å². The molecule has 1 aromatic rings.